The van der Waals surface area contributed by atoms with Gasteiger partial charge in [0.05, 0.1) is 43.8 Å². The van der Waals surface area contributed by atoms with E-state index in [0.29, 0.717) is 15.7 Å². The van der Waals surface area contributed by atoms with E-state index in [-0.39, 0.29) is 40.4 Å². The van der Waals surface area contributed by atoms with Crippen molar-refractivity contribution < 1.29 is 21.9 Å². The number of aromatic nitrogens is 2. The van der Waals surface area contributed by atoms with Gasteiger partial charge in [-0.05, 0) is 40.2 Å². The molecule has 1 fully saturated rings. The first-order chi connectivity index (χ1) is 16.0. The normalized spacial score (nSPS) is 19.0. The van der Waals surface area contributed by atoms with Crippen LogP contribution in [0.5, 0.6) is 0 Å². The number of aryl methyl sites for hydroxylation is 1. The average Bonchev–Trinajstić information content (AvgIpc) is 3.18. The summed E-state index contributed by atoms with van der Waals surface area (Å²) in [7, 11) is -1.35. The molecule has 3 aromatic rings. The SMILES string of the molecule is COC1CN(S(=O)(=O)Nc2ccc(F)c(Nc3ccc4ncn(C)c(=O)c4c3Br)c2Cl)CC1F. The lowest BCUT2D eigenvalue weighted by Crippen LogP contribution is -2.35. The molecule has 9 nitrogen and oxygen atoms in total. The highest BCUT2D eigenvalue weighted by Gasteiger charge is 2.39. The lowest BCUT2D eigenvalue weighted by atomic mass is 10.2. The predicted molar refractivity (Wildman–Crippen MR) is 129 cm³/mol. The molecule has 1 aliphatic heterocycles. The van der Waals surface area contributed by atoms with E-state index in [4.69, 9.17) is 16.3 Å². The van der Waals surface area contributed by atoms with Crippen LogP contribution in [-0.4, -0.2) is 54.7 Å². The Labute approximate surface area is 207 Å². The van der Waals surface area contributed by atoms with Crippen molar-refractivity contribution in [2.75, 3.05) is 30.2 Å². The molecule has 182 valence electrons. The second-order valence-corrected chi connectivity index (χ2v) is 10.4. The van der Waals surface area contributed by atoms with Crippen LogP contribution in [-0.2, 0) is 22.0 Å². The van der Waals surface area contributed by atoms with Crippen LogP contribution in [0.1, 0.15) is 0 Å². The van der Waals surface area contributed by atoms with E-state index in [0.717, 1.165) is 16.4 Å². The highest BCUT2D eigenvalue weighted by Crippen LogP contribution is 2.38. The molecule has 2 aromatic carbocycles. The Morgan fingerprint density at radius 3 is 2.62 bits per heavy atom. The summed E-state index contributed by atoms with van der Waals surface area (Å²) in [4.78, 5) is 16.7. The zero-order valence-corrected chi connectivity index (χ0v) is 21.0. The summed E-state index contributed by atoms with van der Waals surface area (Å²) in [6.45, 7) is -0.561. The van der Waals surface area contributed by atoms with Gasteiger partial charge in [0.15, 0.2) is 0 Å². The fourth-order valence-corrected chi connectivity index (χ4v) is 5.72. The number of rotatable bonds is 6. The molecule has 2 N–H and O–H groups in total. The third-order valence-corrected chi connectivity index (χ3v) is 8.09. The van der Waals surface area contributed by atoms with Crippen molar-refractivity contribution >= 4 is 65.7 Å². The Balaban J connectivity index is 1.67. The third-order valence-electron chi connectivity index (χ3n) is 5.42. The number of anilines is 3. The van der Waals surface area contributed by atoms with E-state index in [1.54, 1.807) is 19.2 Å². The van der Waals surface area contributed by atoms with Gasteiger partial charge in [-0.1, -0.05) is 11.6 Å². The largest absolute Gasteiger partial charge is 0.377 e. The molecule has 1 aliphatic rings. The van der Waals surface area contributed by atoms with Gasteiger partial charge >= 0.3 is 10.2 Å². The highest BCUT2D eigenvalue weighted by atomic mass is 79.9. The number of hydrogen-bond donors (Lipinski definition) is 2. The molecule has 0 saturated carbocycles. The molecule has 1 saturated heterocycles. The molecule has 1 aromatic heterocycles. The summed E-state index contributed by atoms with van der Waals surface area (Å²) in [5, 5.41) is 2.82. The first-order valence-electron chi connectivity index (χ1n) is 9.87. The molecule has 0 spiro atoms. The minimum atomic E-state index is -4.19. The standard InChI is InChI=1S/C20H19BrClF2N5O4S/c1-28-9-25-12-5-6-13(17(21)16(12)20(28)30)26-19-10(23)3-4-14(18(19)22)27-34(31,32)29-7-11(24)15(8-29)33-2/h3-6,9,11,15,26-27H,7-8H2,1-2H3. The third kappa shape index (κ3) is 4.50. The van der Waals surface area contributed by atoms with E-state index in [9.17, 15) is 22.0 Å². The van der Waals surface area contributed by atoms with Crippen LogP contribution >= 0.6 is 27.5 Å². The molecular weight excluding hydrogens is 560 g/mol. The molecular formula is C20H19BrClF2N5O4S. The zero-order valence-electron chi connectivity index (χ0n) is 17.9. The molecule has 2 heterocycles. The van der Waals surface area contributed by atoms with Gasteiger partial charge < -0.3 is 14.6 Å². The van der Waals surface area contributed by atoms with Crippen LogP contribution in [0.15, 0.2) is 39.9 Å². The lowest BCUT2D eigenvalue weighted by molar-refractivity contribution is 0.0637. The van der Waals surface area contributed by atoms with Gasteiger partial charge in [0.2, 0.25) is 0 Å². The smallest absolute Gasteiger partial charge is 0.301 e. The van der Waals surface area contributed by atoms with Gasteiger partial charge in [0, 0.05) is 27.2 Å². The van der Waals surface area contributed by atoms with E-state index >= 15 is 0 Å². The second-order valence-electron chi connectivity index (χ2n) is 7.61. The van der Waals surface area contributed by atoms with Crippen molar-refractivity contribution in [1.82, 2.24) is 13.9 Å². The molecule has 2 unspecified atom stereocenters. The van der Waals surface area contributed by atoms with Gasteiger partial charge in [-0.15, -0.1) is 0 Å². The van der Waals surface area contributed by atoms with Gasteiger partial charge in [-0.25, -0.2) is 13.8 Å². The topological polar surface area (TPSA) is 106 Å². The Bertz CT molecular complexity index is 1440. The number of benzene rings is 2. The summed E-state index contributed by atoms with van der Waals surface area (Å²) in [6.07, 6.45) is -0.976. The van der Waals surface area contributed by atoms with Crippen molar-refractivity contribution in [2.24, 2.45) is 7.05 Å². The maximum absolute atomic E-state index is 14.7. The van der Waals surface area contributed by atoms with Crippen molar-refractivity contribution in [3.63, 3.8) is 0 Å². The number of ether oxygens (including phenoxy) is 1. The number of methoxy groups -OCH3 is 1. The Morgan fingerprint density at radius 1 is 1.24 bits per heavy atom. The first-order valence-corrected chi connectivity index (χ1v) is 12.5. The van der Waals surface area contributed by atoms with E-state index in [1.807, 2.05) is 0 Å². The minimum absolute atomic E-state index is 0.115. The van der Waals surface area contributed by atoms with Gasteiger partial charge in [-0.2, -0.15) is 12.7 Å². The summed E-state index contributed by atoms with van der Waals surface area (Å²) >= 11 is 9.70. The van der Waals surface area contributed by atoms with E-state index in [2.05, 4.69) is 31.0 Å². The fraction of sp³-hybridized carbons (Fsp3) is 0.300. The van der Waals surface area contributed by atoms with Gasteiger partial charge in [-0.3, -0.25) is 9.52 Å². The van der Waals surface area contributed by atoms with Crippen LogP contribution < -0.4 is 15.6 Å². The Morgan fingerprint density at radius 2 is 1.94 bits per heavy atom. The predicted octanol–water partition coefficient (Wildman–Crippen LogP) is 3.56. The average molecular weight is 579 g/mol. The van der Waals surface area contributed by atoms with Crippen LogP contribution in [0.2, 0.25) is 5.02 Å². The molecule has 0 bridgehead atoms. The Kier molecular flexibility index (Phi) is 6.84. The number of nitrogens with one attached hydrogen (secondary N) is 2. The quantitative estimate of drug-likeness (QED) is 0.464. The number of hydrogen-bond acceptors (Lipinski definition) is 6. The number of halogens is 4. The maximum Gasteiger partial charge on any atom is 0.301 e. The molecule has 0 amide bonds. The second kappa shape index (κ2) is 9.38. The summed E-state index contributed by atoms with van der Waals surface area (Å²) in [5.41, 5.74) is 0.0826. The minimum Gasteiger partial charge on any atom is -0.377 e. The maximum atomic E-state index is 14.7. The van der Waals surface area contributed by atoms with E-state index < -0.39 is 28.3 Å². The highest BCUT2D eigenvalue weighted by molar-refractivity contribution is 9.10. The summed E-state index contributed by atoms with van der Waals surface area (Å²) in [5.74, 6) is -0.761. The first kappa shape index (κ1) is 24.8. The molecule has 14 heteroatoms. The van der Waals surface area contributed by atoms with Crippen LogP contribution in [0.25, 0.3) is 10.9 Å². The molecule has 34 heavy (non-hydrogen) atoms. The van der Waals surface area contributed by atoms with Gasteiger partial charge in [0.25, 0.3) is 5.56 Å². The van der Waals surface area contributed by atoms with Crippen molar-refractivity contribution in [3.8, 4) is 0 Å². The van der Waals surface area contributed by atoms with Crippen LogP contribution in [0.3, 0.4) is 0 Å². The molecule has 2 atom stereocenters. The number of alkyl halides is 1. The number of nitrogens with zero attached hydrogens (tertiary/aromatic N) is 3. The summed E-state index contributed by atoms with van der Waals surface area (Å²) < 4.78 is 63.9. The van der Waals surface area contributed by atoms with Crippen molar-refractivity contribution in [3.05, 3.63) is 56.3 Å². The molecule has 0 radical (unpaired) electrons. The van der Waals surface area contributed by atoms with Gasteiger partial charge in [0.1, 0.15) is 18.1 Å². The van der Waals surface area contributed by atoms with Crippen LogP contribution in [0, 0.1) is 5.82 Å². The Hall–Kier alpha value is -2.32. The number of fused-ring (bicyclic) bond motifs is 1. The van der Waals surface area contributed by atoms with Crippen molar-refractivity contribution in [1.29, 1.82) is 0 Å². The van der Waals surface area contributed by atoms with Crippen LogP contribution in [0.4, 0.5) is 25.8 Å². The molecule has 0 aliphatic carbocycles. The van der Waals surface area contributed by atoms with E-state index in [1.165, 1.54) is 18.0 Å². The summed E-state index contributed by atoms with van der Waals surface area (Å²) in [6, 6.07) is 5.34. The lowest BCUT2D eigenvalue weighted by Gasteiger charge is -2.19. The van der Waals surface area contributed by atoms with Crippen molar-refractivity contribution in [2.45, 2.75) is 12.3 Å². The fourth-order valence-electron chi connectivity index (χ4n) is 3.56. The zero-order chi connectivity index (χ0) is 24.8. The molecule has 4 rings (SSSR count). The monoisotopic (exact) mass is 577 g/mol.